The maximum absolute atomic E-state index is 13.5. The van der Waals surface area contributed by atoms with E-state index in [1.165, 1.54) is 83.0 Å². The summed E-state index contributed by atoms with van der Waals surface area (Å²) in [5.41, 5.74) is -1.27. The summed E-state index contributed by atoms with van der Waals surface area (Å²) < 4.78 is 128. The van der Waals surface area contributed by atoms with Crippen molar-refractivity contribution in [2.24, 2.45) is 0 Å². The van der Waals surface area contributed by atoms with E-state index in [0.717, 1.165) is 4.47 Å². The molecule has 3 aromatic heterocycles. The Morgan fingerprint density at radius 2 is 0.804 bits per heavy atom. The molecule has 0 unspecified atom stereocenters. The lowest BCUT2D eigenvalue weighted by atomic mass is 10.0. The molecule has 34 heteroatoms. The highest BCUT2D eigenvalue weighted by atomic mass is 79.9. The summed E-state index contributed by atoms with van der Waals surface area (Å²) in [6, 6.07) is 39.5. The summed E-state index contributed by atoms with van der Waals surface area (Å²) in [6.45, 7) is 12.2. The van der Waals surface area contributed by atoms with Crippen molar-refractivity contribution in [1.82, 2.24) is 44.2 Å². The van der Waals surface area contributed by atoms with Crippen molar-refractivity contribution in [1.29, 1.82) is 0 Å². The van der Waals surface area contributed by atoms with Crippen LogP contribution in [0.25, 0.3) is 43.4 Å². The predicted octanol–water partition coefficient (Wildman–Crippen LogP) is 13.0. The topological polar surface area (TPSA) is 336 Å². The second-order valence-electron chi connectivity index (χ2n) is 25.3. The lowest BCUT2D eigenvalue weighted by Crippen LogP contribution is -2.43. The second kappa shape index (κ2) is 38.1. The largest absolute Gasteiger partial charge is 0.491 e. The lowest BCUT2D eigenvalue weighted by molar-refractivity contribution is 0.0221. The van der Waals surface area contributed by atoms with E-state index < -0.39 is 59.0 Å². The molecule has 10 aromatic rings. The van der Waals surface area contributed by atoms with Crippen LogP contribution in [0.15, 0.2) is 208 Å². The third-order valence-electron chi connectivity index (χ3n) is 15.1. The number of benzene rings is 7. The van der Waals surface area contributed by atoms with Gasteiger partial charge in [0.05, 0.1) is 36.7 Å². The Morgan fingerprint density at radius 1 is 0.439 bits per heavy atom. The van der Waals surface area contributed by atoms with Crippen molar-refractivity contribution >= 4 is 141 Å². The van der Waals surface area contributed by atoms with E-state index in [1.54, 1.807) is 139 Å². The Labute approximate surface area is 649 Å². The first-order valence-electron chi connectivity index (χ1n) is 32.9. The summed E-state index contributed by atoms with van der Waals surface area (Å²) in [7, 11) is -11.7. The predicted molar refractivity (Wildman–Crippen MR) is 419 cm³/mol. The number of hydrogen-bond donors (Lipinski definition) is 7. The van der Waals surface area contributed by atoms with Gasteiger partial charge in [0.1, 0.15) is 54.1 Å². The summed E-state index contributed by atoms with van der Waals surface area (Å²) in [6.07, 6.45) is 2.97. The molecule has 0 bridgehead atoms. The molecule has 25 nitrogen and oxygen atoms in total. The number of nitrogens with one attached hydrogen (secondary N) is 7. The molecule has 0 fully saturated rings. The van der Waals surface area contributed by atoms with E-state index in [2.05, 4.69) is 66.3 Å². The van der Waals surface area contributed by atoms with Gasteiger partial charge in [0.25, 0.3) is 16.7 Å². The standard InChI is InChI=1S/C30H31ClFN3O6S.C24H27BrClN3O6S.C19H19BrClN3O4S/c1-30(2,3)41-29(37)35(16-15-34-42(38,39)27-6-4-5-24-23(27)13-14-33-28(24)36)17-18-40-26-12-9-21(31)19-25(26)20-7-10-22(32)11-8-20;1-24(2,3)35-23(31)29(13-14-34-20-8-7-16(26)15-19(20)25)12-11-28-36(32,33)21-6-4-5-18-17(21)9-10-27-22(18)30;20-16-12-13(21)4-5-17(16)28-11-10-22-8-9-24-29(26,27)18-3-1-2-15-14(18)6-7-23-19(15)25/h4-14,19,34H,15-18H2,1-3H3,(H,33,36);4-10,15,28H,11-14H2,1-3H3,(H,27,30);1-7,12,22,24H,8-11H2,(H,23,25). The Kier molecular flexibility index (Phi) is 30.0. The minimum Gasteiger partial charge on any atom is -0.491 e. The highest BCUT2D eigenvalue weighted by Crippen LogP contribution is 2.34. The number of H-pyrrole nitrogens is 3. The maximum atomic E-state index is 13.5. The molecule has 7 aromatic carbocycles. The fourth-order valence-corrected chi connectivity index (χ4v) is 15.7. The molecule has 0 saturated carbocycles. The highest BCUT2D eigenvalue weighted by molar-refractivity contribution is 9.11. The maximum Gasteiger partial charge on any atom is 0.410 e. The molecule has 2 amide bonds. The number of ether oxygens (including phenoxy) is 5. The number of amides is 2. The Hall–Kier alpha value is -8.44. The van der Waals surface area contributed by atoms with Crippen LogP contribution in [0, 0.1) is 5.82 Å². The van der Waals surface area contributed by atoms with Gasteiger partial charge in [-0.05, 0) is 200 Å². The first kappa shape index (κ1) is 84.2. The quantitative estimate of drug-likeness (QED) is 0.0224. The number of aromatic amines is 3. The number of fused-ring (bicyclic) bond motifs is 3. The summed E-state index contributed by atoms with van der Waals surface area (Å²) in [5, 5.41) is 6.57. The highest BCUT2D eigenvalue weighted by Gasteiger charge is 2.27. The smallest absolute Gasteiger partial charge is 0.410 e. The summed E-state index contributed by atoms with van der Waals surface area (Å²) in [5.74, 6) is 1.33. The fraction of sp³-hybridized carbons (Fsp3) is 0.274. The van der Waals surface area contributed by atoms with E-state index in [9.17, 15) is 53.6 Å². The summed E-state index contributed by atoms with van der Waals surface area (Å²) >= 11 is 24.8. The van der Waals surface area contributed by atoms with Crippen LogP contribution < -0.4 is 50.4 Å². The van der Waals surface area contributed by atoms with E-state index in [1.807, 2.05) is 0 Å². The zero-order valence-corrected chi connectivity index (χ0v) is 66.5. The zero-order valence-electron chi connectivity index (χ0n) is 58.6. The number of hydrogen-bond acceptors (Lipinski definition) is 17. The molecule has 10 rings (SSSR count). The van der Waals surface area contributed by atoms with Crippen LogP contribution in [0.2, 0.25) is 15.1 Å². The van der Waals surface area contributed by atoms with Crippen molar-refractivity contribution in [3.05, 3.63) is 231 Å². The number of aromatic nitrogens is 3. The van der Waals surface area contributed by atoms with Crippen LogP contribution in [-0.2, 0) is 39.5 Å². The Balaban J connectivity index is 0.000000206. The van der Waals surface area contributed by atoms with E-state index in [-0.39, 0.29) is 107 Å². The van der Waals surface area contributed by atoms with E-state index in [0.29, 0.717) is 83.8 Å². The van der Waals surface area contributed by atoms with Gasteiger partial charge in [-0.25, -0.2) is 53.4 Å². The van der Waals surface area contributed by atoms with Crippen LogP contribution in [-0.4, -0.2) is 152 Å². The molecular formula is C73H77Br2Cl3FN9O16S3. The molecule has 3 heterocycles. The van der Waals surface area contributed by atoms with Crippen molar-refractivity contribution in [2.75, 3.05) is 78.7 Å². The molecule has 0 aliphatic heterocycles. The van der Waals surface area contributed by atoms with Gasteiger partial charge in [-0.1, -0.05) is 65.1 Å². The number of carbonyl (C=O) groups excluding carboxylic acids is 2. The van der Waals surface area contributed by atoms with Gasteiger partial charge in [0, 0.05) is 117 Å². The van der Waals surface area contributed by atoms with Gasteiger partial charge in [-0.3, -0.25) is 14.4 Å². The fourth-order valence-electron chi connectivity index (χ4n) is 10.2. The third kappa shape index (κ3) is 24.8. The number of sulfonamides is 3. The van der Waals surface area contributed by atoms with Crippen LogP contribution in [0.4, 0.5) is 14.0 Å². The van der Waals surface area contributed by atoms with E-state index in [4.69, 9.17) is 58.5 Å². The van der Waals surface area contributed by atoms with E-state index >= 15 is 0 Å². The van der Waals surface area contributed by atoms with Crippen molar-refractivity contribution in [3.8, 4) is 28.4 Å². The average molecular weight is 1720 g/mol. The van der Waals surface area contributed by atoms with Crippen LogP contribution in [0.1, 0.15) is 41.5 Å². The first-order valence-corrected chi connectivity index (χ1v) is 40.1. The molecule has 7 N–H and O–H groups in total. The molecule has 0 aliphatic rings. The second-order valence-corrected chi connectivity index (χ2v) is 33.5. The third-order valence-corrected chi connectivity index (χ3v) is 21.6. The molecular weight excluding hydrogens is 1640 g/mol. The molecule has 0 aliphatic carbocycles. The number of nitrogens with zero attached hydrogens (tertiary/aromatic N) is 2. The van der Waals surface area contributed by atoms with Gasteiger partial charge in [-0.2, -0.15) is 0 Å². The van der Waals surface area contributed by atoms with Crippen molar-refractivity contribution in [2.45, 2.75) is 67.4 Å². The van der Waals surface area contributed by atoms with Crippen molar-refractivity contribution < 1.29 is 62.9 Å². The summed E-state index contributed by atoms with van der Waals surface area (Å²) in [4.78, 5) is 72.1. The van der Waals surface area contributed by atoms with Gasteiger partial charge >= 0.3 is 12.2 Å². The molecule has 0 spiro atoms. The zero-order chi connectivity index (χ0) is 77.9. The monoisotopic (exact) mass is 1710 g/mol. The SMILES string of the molecule is CC(C)(C)OC(=O)N(CCNS(=O)(=O)c1cccc2c(=O)[nH]ccc12)CCOc1ccc(Cl)cc1-c1ccc(F)cc1.CC(C)(C)OC(=O)N(CCNS(=O)(=O)c1cccc2c(=O)[nH]ccc12)CCOc1ccc(Cl)cc1Br.O=c1[nH]ccc2c(S(=O)(=O)NCCNCCOc3ccc(Cl)cc3Br)cccc12. The minimum atomic E-state index is -4.02. The van der Waals surface area contributed by atoms with Gasteiger partial charge < -0.3 is 53.8 Å². The Bertz CT molecular complexity index is 5350. The van der Waals surface area contributed by atoms with Gasteiger partial charge in [0.15, 0.2) is 0 Å². The molecule has 0 radical (unpaired) electrons. The van der Waals surface area contributed by atoms with Crippen LogP contribution >= 0.6 is 66.7 Å². The van der Waals surface area contributed by atoms with Gasteiger partial charge in [0.2, 0.25) is 30.1 Å². The molecule has 0 saturated heterocycles. The molecule has 107 heavy (non-hydrogen) atoms. The number of rotatable bonds is 28. The normalized spacial score (nSPS) is 11.8. The van der Waals surface area contributed by atoms with Crippen molar-refractivity contribution in [3.63, 3.8) is 0 Å². The van der Waals surface area contributed by atoms with Crippen LogP contribution in [0.3, 0.4) is 0 Å². The molecule has 0 atom stereocenters. The number of pyridine rings is 3. The minimum absolute atomic E-state index is 0.0196. The number of carbonyl (C=O) groups is 2. The molecule has 570 valence electrons. The Morgan fingerprint density at radius 3 is 1.20 bits per heavy atom. The number of halogens is 6. The van der Waals surface area contributed by atoms with Gasteiger partial charge in [-0.15, -0.1) is 0 Å². The van der Waals surface area contributed by atoms with Crippen LogP contribution in [0.5, 0.6) is 17.2 Å². The average Bonchev–Trinajstić information content (AvgIpc) is 0.791. The first-order chi connectivity index (χ1) is 50.6. The lowest BCUT2D eigenvalue weighted by Gasteiger charge is -2.27.